The summed E-state index contributed by atoms with van der Waals surface area (Å²) in [6.07, 6.45) is 7.77. The number of carbonyl (C=O) groups is 3. The third kappa shape index (κ3) is 14.5. The van der Waals surface area contributed by atoms with Gasteiger partial charge in [-0.25, -0.2) is 14.5 Å². The molecule has 0 spiro atoms. The number of nitriles is 1. The predicted octanol–water partition coefficient (Wildman–Crippen LogP) is 12.6. The highest BCUT2D eigenvalue weighted by Gasteiger charge is 2.33. The van der Waals surface area contributed by atoms with E-state index in [-0.39, 0.29) is 17.0 Å². The Morgan fingerprint density at radius 3 is 1.11 bits per heavy atom. The minimum absolute atomic E-state index is 0.304. The molecule has 0 aliphatic rings. The molecule has 5 rings (SSSR count). The van der Waals surface area contributed by atoms with E-state index in [1.165, 1.54) is 18.2 Å². The number of ether oxygens (including phenoxy) is 3. The standard InChI is InChI=1S/C59H58N6O6/c1-10-43-16-30-51(31-17-43)65(52-32-18-44(11-2)19-33-52)53-34-24-45(25-35-53)36-48(39-60)56(66)69-40-59(7,41-70-57(67)54(61-8)37-46-20-26-49(27-21-46)63(12-3)13-4)42-71-58(68)55(62-9)38-47-22-28-50(29-23-47)64(14-5)15-6/h10-11,16-38H,1-2,12-15,40-42H2,3-7H3/b48-36+,54-37-,55-38-. The minimum Gasteiger partial charge on any atom is -0.470 e. The fourth-order valence-corrected chi connectivity index (χ4v) is 7.39. The van der Waals surface area contributed by atoms with Crippen LogP contribution in [-0.2, 0) is 28.6 Å². The number of benzene rings is 5. The fraction of sp³-hybridized carbons (Fsp3) is 0.220. The second kappa shape index (κ2) is 26.0. The van der Waals surface area contributed by atoms with E-state index in [0.717, 1.165) is 65.7 Å². The lowest BCUT2D eigenvalue weighted by Crippen LogP contribution is -2.37. The largest absolute Gasteiger partial charge is 0.470 e. The van der Waals surface area contributed by atoms with Gasteiger partial charge in [0.15, 0.2) is 0 Å². The molecular weight excluding hydrogens is 889 g/mol. The first-order chi connectivity index (χ1) is 34.3. The molecule has 5 aromatic carbocycles. The average Bonchev–Trinajstić information content (AvgIpc) is 3.41. The van der Waals surface area contributed by atoms with E-state index in [4.69, 9.17) is 27.4 Å². The summed E-state index contributed by atoms with van der Waals surface area (Å²) in [5.74, 6) is -2.88. The van der Waals surface area contributed by atoms with Crippen LogP contribution >= 0.6 is 0 Å². The first-order valence-corrected chi connectivity index (χ1v) is 23.2. The molecule has 0 saturated carbocycles. The SMILES string of the molecule is [C-]#[N+]/C(=C\c1ccc(N(CC)CC)cc1)C(=O)OCC(C)(COC(=O)/C(=C/c1ccc(N(CC)CC)cc1)[N+]#[C-])COC(=O)/C(C#N)=C/c1ccc(N(c2ccc(C=C)cc2)c2ccc(C=C)cc2)cc1. The Morgan fingerprint density at radius 2 is 0.817 bits per heavy atom. The van der Waals surface area contributed by atoms with Gasteiger partial charge >= 0.3 is 17.9 Å². The van der Waals surface area contributed by atoms with Crippen molar-refractivity contribution >= 4 is 76.7 Å². The van der Waals surface area contributed by atoms with E-state index in [2.05, 4.69) is 65.2 Å². The van der Waals surface area contributed by atoms with E-state index in [0.29, 0.717) is 16.7 Å². The molecule has 0 aliphatic carbocycles. The van der Waals surface area contributed by atoms with E-state index >= 15 is 0 Å². The lowest BCUT2D eigenvalue weighted by molar-refractivity contribution is -0.155. The molecule has 0 bridgehead atoms. The molecule has 0 aromatic heterocycles. The molecule has 0 unspecified atom stereocenters. The number of anilines is 5. The highest BCUT2D eigenvalue weighted by molar-refractivity contribution is 5.98. The molecule has 0 radical (unpaired) electrons. The maximum absolute atomic E-state index is 13.6. The number of hydrogen-bond donors (Lipinski definition) is 0. The molecule has 0 heterocycles. The smallest absolute Gasteiger partial charge is 0.348 e. The summed E-state index contributed by atoms with van der Waals surface area (Å²) in [5, 5.41) is 10.2. The Labute approximate surface area is 417 Å². The first kappa shape index (κ1) is 53.0. The van der Waals surface area contributed by atoms with Crippen molar-refractivity contribution in [2.24, 2.45) is 5.41 Å². The van der Waals surface area contributed by atoms with Crippen molar-refractivity contribution in [2.45, 2.75) is 34.6 Å². The molecule has 360 valence electrons. The second-order valence-electron chi connectivity index (χ2n) is 16.5. The van der Waals surface area contributed by atoms with Crippen LogP contribution in [0.2, 0.25) is 0 Å². The predicted molar refractivity (Wildman–Crippen MR) is 285 cm³/mol. The molecule has 0 saturated heterocycles. The highest BCUT2D eigenvalue weighted by atomic mass is 16.6. The Hall–Kier alpha value is -8.92. The minimum atomic E-state index is -1.41. The quantitative estimate of drug-likeness (QED) is 0.0206. The van der Waals surface area contributed by atoms with Crippen LogP contribution in [-0.4, -0.2) is 63.9 Å². The normalized spacial score (nSPS) is 12.2. The maximum Gasteiger partial charge on any atom is 0.348 e. The highest BCUT2D eigenvalue weighted by Crippen LogP contribution is 2.35. The lowest BCUT2D eigenvalue weighted by atomic mass is 9.94. The van der Waals surface area contributed by atoms with Crippen LogP contribution in [0.15, 0.2) is 151 Å². The molecule has 0 N–H and O–H groups in total. The lowest BCUT2D eigenvalue weighted by Gasteiger charge is -2.28. The number of esters is 3. The molecule has 71 heavy (non-hydrogen) atoms. The molecule has 12 nitrogen and oxygen atoms in total. The van der Waals surface area contributed by atoms with Gasteiger partial charge in [-0.05, 0) is 141 Å². The van der Waals surface area contributed by atoms with Crippen LogP contribution < -0.4 is 14.7 Å². The Morgan fingerprint density at radius 1 is 0.521 bits per heavy atom. The van der Waals surface area contributed by atoms with Crippen molar-refractivity contribution in [3.05, 3.63) is 202 Å². The molecule has 5 aromatic rings. The zero-order valence-electron chi connectivity index (χ0n) is 40.9. The van der Waals surface area contributed by atoms with E-state index in [1.807, 2.05) is 91.0 Å². The molecule has 0 aliphatic heterocycles. The topological polar surface area (TPSA) is 121 Å². The van der Waals surface area contributed by atoms with Crippen LogP contribution in [0.3, 0.4) is 0 Å². The van der Waals surface area contributed by atoms with Gasteiger partial charge in [0.2, 0.25) is 0 Å². The van der Waals surface area contributed by atoms with Gasteiger partial charge in [0, 0.05) is 54.6 Å². The second-order valence-corrected chi connectivity index (χ2v) is 16.5. The third-order valence-corrected chi connectivity index (χ3v) is 11.5. The van der Waals surface area contributed by atoms with Crippen molar-refractivity contribution in [3.8, 4) is 6.07 Å². The third-order valence-electron chi connectivity index (χ3n) is 11.5. The van der Waals surface area contributed by atoms with Crippen LogP contribution in [0.4, 0.5) is 28.4 Å². The van der Waals surface area contributed by atoms with Gasteiger partial charge in [-0.1, -0.05) is 86.0 Å². The van der Waals surface area contributed by atoms with Gasteiger partial charge in [0.1, 0.15) is 31.5 Å². The number of hydrogen-bond acceptors (Lipinski definition) is 10. The Kier molecular flexibility index (Phi) is 19.4. The summed E-state index contributed by atoms with van der Waals surface area (Å²) < 4.78 is 17.0. The van der Waals surface area contributed by atoms with Crippen molar-refractivity contribution < 1.29 is 28.6 Å². The summed E-state index contributed by atoms with van der Waals surface area (Å²) in [4.78, 5) is 53.7. The van der Waals surface area contributed by atoms with Crippen molar-refractivity contribution in [3.63, 3.8) is 0 Å². The summed E-state index contributed by atoms with van der Waals surface area (Å²) >= 11 is 0. The zero-order valence-corrected chi connectivity index (χ0v) is 40.9. The Balaban J connectivity index is 1.36. The summed E-state index contributed by atoms with van der Waals surface area (Å²) in [5.41, 5.74) is 5.97. The molecule has 0 atom stereocenters. The van der Waals surface area contributed by atoms with Crippen LogP contribution in [0.25, 0.3) is 40.1 Å². The number of rotatable bonds is 23. The first-order valence-electron chi connectivity index (χ1n) is 23.2. The zero-order chi connectivity index (χ0) is 51.3. The maximum atomic E-state index is 13.6. The Bertz CT molecular complexity index is 2720. The average molecular weight is 947 g/mol. The van der Waals surface area contributed by atoms with Crippen molar-refractivity contribution in [1.82, 2.24) is 0 Å². The van der Waals surface area contributed by atoms with Crippen molar-refractivity contribution in [2.75, 3.05) is 60.7 Å². The number of carbonyl (C=O) groups excluding carboxylic acids is 3. The van der Waals surface area contributed by atoms with Gasteiger partial charge in [-0.15, -0.1) is 0 Å². The molecule has 12 heteroatoms. The van der Waals surface area contributed by atoms with E-state index in [1.54, 1.807) is 55.5 Å². The fourth-order valence-electron chi connectivity index (χ4n) is 7.39. The van der Waals surface area contributed by atoms with E-state index in [9.17, 15) is 19.6 Å². The summed E-state index contributed by atoms with van der Waals surface area (Å²) in [7, 11) is 0. The number of nitrogens with zero attached hydrogens (tertiary/aromatic N) is 6. The van der Waals surface area contributed by atoms with Gasteiger partial charge in [-0.3, -0.25) is 9.59 Å². The van der Waals surface area contributed by atoms with Crippen LogP contribution in [0.5, 0.6) is 0 Å². The van der Waals surface area contributed by atoms with Gasteiger partial charge in [-0.2, -0.15) is 5.26 Å². The molecular formula is C59H58N6O6. The summed E-state index contributed by atoms with van der Waals surface area (Å²) in [6, 6.07) is 39.9. The van der Waals surface area contributed by atoms with Crippen LogP contribution in [0, 0.1) is 29.9 Å². The van der Waals surface area contributed by atoms with Gasteiger partial charge in [0.25, 0.3) is 11.4 Å². The van der Waals surface area contributed by atoms with E-state index < -0.39 is 43.1 Å². The molecule has 0 amide bonds. The summed E-state index contributed by atoms with van der Waals surface area (Å²) in [6.45, 7) is 34.8. The van der Waals surface area contributed by atoms with Crippen LogP contribution in [0.1, 0.15) is 62.4 Å². The van der Waals surface area contributed by atoms with Gasteiger partial charge in [0.05, 0.1) is 18.6 Å². The van der Waals surface area contributed by atoms with Crippen molar-refractivity contribution in [1.29, 1.82) is 5.26 Å². The van der Waals surface area contributed by atoms with Gasteiger partial charge < -0.3 is 28.9 Å². The molecule has 0 fully saturated rings. The monoisotopic (exact) mass is 946 g/mol.